The number of aliphatic carboxylic acids is 1. The number of amides is 6. The van der Waals surface area contributed by atoms with E-state index in [2.05, 4.69) is 21.3 Å². The molecule has 0 aromatic rings. The normalized spacial score (nSPS) is 17.2. The van der Waals surface area contributed by atoms with E-state index in [4.69, 9.17) is 17.2 Å². The average Bonchev–Trinajstić information content (AvgIpc) is 3.44. The van der Waals surface area contributed by atoms with Crippen LogP contribution in [0.4, 0.5) is 0 Å². The van der Waals surface area contributed by atoms with Gasteiger partial charge in [-0.2, -0.15) is 0 Å². The number of nitrogens with two attached hydrogens (primary N) is 3. The van der Waals surface area contributed by atoms with E-state index in [0.29, 0.717) is 38.6 Å². The van der Waals surface area contributed by atoms with E-state index in [9.17, 15) is 38.7 Å². The Kier molecular flexibility index (Phi) is 17.1. The number of rotatable bonds is 20. The second-order valence-corrected chi connectivity index (χ2v) is 12.2. The maximum Gasteiger partial charge on any atom is 0.326 e. The van der Waals surface area contributed by atoms with Crippen molar-refractivity contribution in [2.24, 2.45) is 29.0 Å². The highest BCUT2D eigenvalue weighted by atomic mass is 16.4. The highest BCUT2D eigenvalue weighted by Gasteiger charge is 2.39. The molecule has 0 aliphatic carbocycles. The van der Waals surface area contributed by atoms with Crippen LogP contribution in [0.15, 0.2) is 0 Å². The SMILES string of the molecule is CC(C)C[C@H](NC(=O)[C@@H]1CCCN1C(=O)[C@H](CC(C)C)NC(=O)CN)C(=O)N[C@@H](CC(N)=O)C(=O)N[C@@H](CCCCN)C(=O)O. The van der Waals surface area contributed by atoms with Gasteiger partial charge in [0, 0.05) is 6.54 Å². The van der Waals surface area contributed by atoms with Gasteiger partial charge in [-0.15, -0.1) is 0 Å². The first-order chi connectivity index (χ1) is 21.1. The molecular weight excluding hydrogens is 588 g/mol. The zero-order valence-corrected chi connectivity index (χ0v) is 26.8. The third kappa shape index (κ3) is 13.8. The summed E-state index contributed by atoms with van der Waals surface area (Å²) >= 11 is 0. The molecule has 0 radical (unpaired) electrons. The average molecular weight is 641 g/mol. The predicted molar refractivity (Wildman–Crippen MR) is 165 cm³/mol. The fraction of sp³-hybridized carbons (Fsp3) is 0.759. The van der Waals surface area contributed by atoms with Crippen molar-refractivity contribution >= 4 is 41.4 Å². The van der Waals surface area contributed by atoms with E-state index >= 15 is 0 Å². The minimum Gasteiger partial charge on any atom is -0.480 e. The van der Waals surface area contributed by atoms with Gasteiger partial charge in [0.25, 0.3) is 0 Å². The molecule has 16 nitrogen and oxygen atoms in total. The summed E-state index contributed by atoms with van der Waals surface area (Å²) in [7, 11) is 0. The Bertz CT molecular complexity index is 1050. The van der Waals surface area contributed by atoms with Crippen molar-refractivity contribution in [3.63, 3.8) is 0 Å². The smallest absolute Gasteiger partial charge is 0.326 e. The number of nitrogens with one attached hydrogen (secondary N) is 4. The van der Waals surface area contributed by atoms with E-state index in [1.165, 1.54) is 4.90 Å². The summed E-state index contributed by atoms with van der Waals surface area (Å²) in [5.41, 5.74) is 16.2. The van der Waals surface area contributed by atoms with E-state index in [1.54, 1.807) is 0 Å². The summed E-state index contributed by atoms with van der Waals surface area (Å²) in [4.78, 5) is 90.2. The number of hydrogen-bond acceptors (Lipinski definition) is 9. The van der Waals surface area contributed by atoms with E-state index < -0.39 is 78.0 Å². The summed E-state index contributed by atoms with van der Waals surface area (Å²) in [6, 6.07) is -5.70. The molecule has 1 rings (SSSR count). The van der Waals surface area contributed by atoms with Crippen LogP contribution in [-0.2, 0) is 33.6 Å². The van der Waals surface area contributed by atoms with Crippen molar-refractivity contribution in [1.82, 2.24) is 26.2 Å². The number of carboxylic acids is 1. The lowest BCUT2D eigenvalue weighted by molar-refractivity contribution is -0.143. The summed E-state index contributed by atoms with van der Waals surface area (Å²) < 4.78 is 0. The van der Waals surface area contributed by atoms with Crippen LogP contribution in [0.5, 0.6) is 0 Å². The highest BCUT2D eigenvalue weighted by molar-refractivity contribution is 5.97. The van der Waals surface area contributed by atoms with Gasteiger partial charge in [-0.25, -0.2) is 4.79 Å². The summed E-state index contributed by atoms with van der Waals surface area (Å²) in [5.74, 6) is -5.43. The molecule has 256 valence electrons. The summed E-state index contributed by atoms with van der Waals surface area (Å²) in [6.45, 7) is 7.77. The fourth-order valence-corrected chi connectivity index (χ4v) is 5.13. The Morgan fingerprint density at radius 2 is 1.38 bits per heavy atom. The lowest BCUT2D eigenvalue weighted by Crippen LogP contribution is -2.59. The van der Waals surface area contributed by atoms with Crippen LogP contribution in [0.2, 0.25) is 0 Å². The van der Waals surface area contributed by atoms with Crippen LogP contribution in [0, 0.1) is 11.8 Å². The van der Waals surface area contributed by atoms with E-state index in [-0.39, 0.29) is 37.8 Å². The molecule has 45 heavy (non-hydrogen) atoms. The Balaban J connectivity index is 3.12. The molecule has 0 saturated carbocycles. The van der Waals surface area contributed by atoms with Crippen molar-refractivity contribution in [2.45, 2.75) is 109 Å². The number of carbonyl (C=O) groups is 7. The van der Waals surface area contributed by atoms with Crippen molar-refractivity contribution in [1.29, 1.82) is 0 Å². The van der Waals surface area contributed by atoms with Crippen LogP contribution in [0.3, 0.4) is 0 Å². The van der Waals surface area contributed by atoms with Gasteiger partial charge >= 0.3 is 5.97 Å². The van der Waals surface area contributed by atoms with E-state index in [0.717, 1.165) is 0 Å². The lowest BCUT2D eigenvalue weighted by atomic mass is 10.0. The molecule has 0 aromatic heterocycles. The Hall–Kier alpha value is -3.79. The molecule has 16 heteroatoms. The first-order valence-electron chi connectivity index (χ1n) is 15.5. The van der Waals surface area contributed by atoms with Gasteiger partial charge in [-0.1, -0.05) is 27.7 Å². The molecule has 1 heterocycles. The van der Waals surface area contributed by atoms with Gasteiger partial charge in [-0.05, 0) is 63.3 Å². The van der Waals surface area contributed by atoms with Crippen molar-refractivity contribution in [2.75, 3.05) is 19.6 Å². The fourth-order valence-electron chi connectivity index (χ4n) is 5.13. The number of primary amides is 1. The lowest BCUT2D eigenvalue weighted by Gasteiger charge is -2.31. The molecule has 1 fully saturated rings. The molecule has 11 N–H and O–H groups in total. The molecule has 0 bridgehead atoms. The van der Waals surface area contributed by atoms with Crippen molar-refractivity contribution in [3.8, 4) is 0 Å². The largest absolute Gasteiger partial charge is 0.480 e. The minimum atomic E-state index is -1.49. The standard InChI is InChI=1S/C29H52N8O8/c1-16(2)12-19(25(40)35-20(14-23(32)38)26(41)34-18(29(44)45)8-5-6-10-30)36-27(42)22-9-7-11-37(22)28(43)21(13-17(3)4)33-24(39)15-31/h16-22H,5-15,30-31H2,1-4H3,(H2,32,38)(H,33,39)(H,34,41)(H,35,40)(H,36,42)(H,44,45)/t18-,19-,20-,21-,22-/m0/s1. The summed E-state index contributed by atoms with van der Waals surface area (Å²) in [6.07, 6.45) is 1.82. The molecule has 1 aliphatic heterocycles. The first kappa shape index (κ1) is 39.2. The molecular formula is C29H52N8O8. The molecule has 0 unspecified atom stereocenters. The van der Waals surface area contributed by atoms with Gasteiger partial charge in [0.05, 0.1) is 13.0 Å². The molecule has 1 aliphatic rings. The van der Waals surface area contributed by atoms with Gasteiger partial charge in [0.2, 0.25) is 35.4 Å². The summed E-state index contributed by atoms with van der Waals surface area (Å²) in [5, 5.41) is 19.6. The van der Waals surface area contributed by atoms with Crippen molar-refractivity contribution < 1.29 is 38.7 Å². The monoisotopic (exact) mass is 640 g/mol. The Morgan fingerprint density at radius 1 is 0.800 bits per heavy atom. The predicted octanol–water partition coefficient (Wildman–Crippen LogP) is -1.94. The quantitative estimate of drug-likeness (QED) is 0.0682. The topological polar surface area (TPSA) is 269 Å². The highest BCUT2D eigenvalue weighted by Crippen LogP contribution is 2.21. The van der Waals surface area contributed by atoms with Crippen molar-refractivity contribution in [3.05, 3.63) is 0 Å². The van der Waals surface area contributed by atoms with Gasteiger partial charge in [-0.3, -0.25) is 28.8 Å². The maximum absolute atomic E-state index is 13.5. The minimum absolute atomic E-state index is 0.0632. The maximum atomic E-state index is 13.5. The molecule has 1 saturated heterocycles. The second-order valence-electron chi connectivity index (χ2n) is 12.2. The van der Waals surface area contributed by atoms with Gasteiger partial charge in [0.15, 0.2) is 0 Å². The number of hydrogen-bond donors (Lipinski definition) is 8. The zero-order valence-electron chi connectivity index (χ0n) is 26.8. The van der Waals surface area contributed by atoms with Crippen LogP contribution in [0.25, 0.3) is 0 Å². The Morgan fingerprint density at radius 3 is 1.91 bits per heavy atom. The second kappa shape index (κ2) is 19.6. The van der Waals surface area contributed by atoms with E-state index in [1.807, 2.05) is 27.7 Å². The zero-order chi connectivity index (χ0) is 34.3. The van der Waals surface area contributed by atoms with Gasteiger partial charge < -0.3 is 48.5 Å². The van der Waals surface area contributed by atoms with Crippen LogP contribution in [0.1, 0.15) is 79.1 Å². The number of nitrogens with zero attached hydrogens (tertiary/aromatic N) is 1. The van der Waals surface area contributed by atoms with Crippen LogP contribution < -0.4 is 38.5 Å². The van der Waals surface area contributed by atoms with Gasteiger partial charge in [0.1, 0.15) is 30.2 Å². The number of carbonyl (C=O) groups excluding carboxylic acids is 6. The molecule has 5 atom stereocenters. The molecule has 6 amide bonds. The first-order valence-corrected chi connectivity index (χ1v) is 15.5. The van der Waals surface area contributed by atoms with Crippen LogP contribution in [-0.4, -0.2) is 101 Å². The number of carboxylic acid groups (broad SMARTS) is 1. The molecule has 0 aromatic carbocycles. The third-order valence-electron chi connectivity index (χ3n) is 7.30. The number of likely N-dealkylation sites (tertiary alicyclic amines) is 1. The van der Waals surface area contributed by atoms with Crippen LogP contribution >= 0.6 is 0 Å². The molecule has 0 spiro atoms. The Labute approximate surface area is 264 Å². The third-order valence-corrected chi connectivity index (χ3v) is 7.30. The number of unbranched alkanes of at least 4 members (excludes halogenated alkanes) is 1.